The van der Waals surface area contributed by atoms with Crippen LogP contribution in [0.2, 0.25) is 0 Å². The topological polar surface area (TPSA) is 44.1 Å². The van der Waals surface area contributed by atoms with E-state index >= 15 is 0 Å². The summed E-state index contributed by atoms with van der Waals surface area (Å²) in [6.07, 6.45) is 3.23. The molecule has 0 aliphatic heterocycles. The zero-order valence-corrected chi connectivity index (χ0v) is 8.04. The molecule has 2 rings (SSSR count). The molecule has 4 heteroatoms. The second-order valence-electron chi connectivity index (χ2n) is 2.97. The van der Waals surface area contributed by atoms with Crippen LogP contribution in [0.3, 0.4) is 0 Å². The van der Waals surface area contributed by atoms with Crippen LogP contribution < -0.4 is 4.84 Å². The van der Waals surface area contributed by atoms with Crippen molar-refractivity contribution in [2.45, 2.75) is 0 Å². The van der Waals surface area contributed by atoms with Crippen LogP contribution in [0.1, 0.15) is 10.4 Å². The molecule has 0 aliphatic carbocycles. The standard InChI is InChI=1S/C11H10N2O2/c14-11(10-5-2-1-3-6-10)9-15-13-8-4-7-12-13/h1-8H,9H2. The Morgan fingerprint density at radius 3 is 2.73 bits per heavy atom. The molecule has 0 amide bonds. The van der Waals surface area contributed by atoms with Crippen molar-refractivity contribution in [1.82, 2.24) is 9.94 Å². The minimum atomic E-state index is -0.0638. The minimum absolute atomic E-state index is 0.00824. The second-order valence-corrected chi connectivity index (χ2v) is 2.97. The molecular formula is C11H10N2O2. The number of hydrogen-bond donors (Lipinski definition) is 0. The van der Waals surface area contributed by atoms with E-state index in [1.165, 1.54) is 4.85 Å². The SMILES string of the molecule is O=C(COn1cccn1)c1ccccc1. The van der Waals surface area contributed by atoms with Crippen LogP contribution in [0, 0.1) is 0 Å². The molecule has 0 spiro atoms. The summed E-state index contributed by atoms with van der Waals surface area (Å²) in [5.41, 5.74) is 0.643. The molecule has 76 valence electrons. The van der Waals surface area contributed by atoms with Gasteiger partial charge in [0, 0.05) is 5.56 Å². The number of Topliss-reactive ketones (excluding diaryl/α,β-unsaturated/α-hetero) is 1. The molecule has 15 heavy (non-hydrogen) atoms. The van der Waals surface area contributed by atoms with Gasteiger partial charge in [0.2, 0.25) is 5.78 Å². The first kappa shape index (κ1) is 9.45. The maximum Gasteiger partial charge on any atom is 0.203 e. The highest BCUT2D eigenvalue weighted by molar-refractivity contribution is 5.96. The summed E-state index contributed by atoms with van der Waals surface area (Å²) < 4.78 is 0. The van der Waals surface area contributed by atoms with Gasteiger partial charge in [0.1, 0.15) is 0 Å². The number of aromatic nitrogens is 2. The van der Waals surface area contributed by atoms with Crippen molar-refractivity contribution in [1.29, 1.82) is 0 Å². The van der Waals surface area contributed by atoms with Crippen LogP contribution in [0.25, 0.3) is 0 Å². The smallest absolute Gasteiger partial charge is 0.203 e. The number of carbonyl (C=O) groups excluding carboxylic acids is 1. The highest BCUT2D eigenvalue weighted by Gasteiger charge is 2.05. The Hall–Kier alpha value is -2.10. The number of carbonyl (C=O) groups is 1. The predicted octanol–water partition coefficient (Wildman–Crippen LogP) is 1.19. The van der Waals surface area contributed by atoms with Crippen molar-refractivity contribution in [2.24, 2.45) is 0 Å². The molecule has 2 aromatic rings. The Labute approximate surface area is 87.1 Å². The van der Waals surface area contributed by atoms with Crippen molar-refractivity contribution < 1.29 is 9.63 Å². The molecule has 0 unspecified atom stereocenters. The maximum absolute atomic E-state index is 11.6. The lowest BCUT2D eigenvalue weighted by molar-refractivity contribution is 0.0608. The van der Waals surface area contributed by atoms with Crippen molar-refractivity contribution >= 4 is 5.78 Å². The summed E-state index contributed by atoms with van der Waals surface area (Å²) in [5, 5.41) is 3.82. The second kappa shape index (κ2) is 4.41. The Bertz CT molecular complexity index is 423. The third-order valence-electron chi connectivity index (χ3n) is 1.90. The zero-order chi connectivity index (χ0) is 10.5. The molecule has 0 radical (unpaired) electrons. The van der Waals surface area contributed by atoms with E-state index in [0.29, 0.717) is 5.56 Å². The fourth-order valence-electron chi connectivity index (χ4n) is 1.16. The summed E-state index contributed by atoms with van der Waals surface area (Å²) in [5.74, 6) is -0.0638. The maximum atomic E-state index is 11.6. The summed E-state index contributed by atoms with van der Waals surface area (Å²) >= 11 is 0. The molecule has 0 atom stereocenters. The minimum Gasteiger partial charge on any atom is -0.388 e. The van der Waals surface area contributed by atoms with Gasteiger partial charge in [0.25, 0.3) is 0 Å². The number of rotatable bonds is 4. The van der Waals surface area contributed by atoms with Crippen molar-refractivity contribution in [3.05, 3.63) is 54.4 Å². The van der Waals surface area contributed by atoms with E-state index in [0.717, 1.165) is 0 Å². The average Bonchev–Trinajstić information content (AvgIpc) is 2.80. The van der Waals surface area contributed by atoms with Crippen molar-refractivity contribution in [2.75, 3.05) is 6.61 Å². The van der Waals surface area contributed by atoms with Gasteiger partial charge in [-0.25, -0.2) is 0 Å². The molecule has 0 saturated heterocycles. The van der Waals surface area contributed by atoms with Gasteiger partial charge in [-0.3, -0.25) is 4.79 Å². The number of benzene rings is 1. The van der Waals surface area contributed by atoms with Crippen LogP contribution in [-0.4, -0.2) is 22.3 Å². The van der Waals surface area contributed by atoms with Gasteiger partial charge in [-0.15, -0.1) is 9.94 Å². The Kier molecular flexibility index (Phi) is 2.78. The van der Waals surface area contributed by atoms with Crippen LogP contribution in [0.15, 0.2) is 48.8 Å². The largest absolute Gasteiger partial charge is 0.388 e. The lowest BCUT2D eigenvalue weighted by Crippen LogP contribution is -2.20. The van der Waals surface area contributed by atoms with E-state index in [-0.39, 0.29) is 12.4 Å². The van der Waals surface area contributed by atoms with Gasteiger partial charge in [-0.05, 0) is 6.07 Å². The zero-order valence-electron chi connectivity index (χ0n) is 8.04. The van der Waals surface area contributed by atoms with Crippen molar-refractivity contribution in [3.63, 3.8) is 0 Å². The molecule has 1 aromatic heterocycles. The molecular weight excluding hydrogens is 192 g/mol. The lowest BCUT2D eigenvalue weighted by Gasteiger charge is -2.03. The van der Waals surface area contributed by atoms with E-state index in [4.69, 9.17) is 4.84 Å². The average molecular weight is 202 g/mol. The van der Waals surface area contributed by atoms with Crippen LogP contribution in [-0.2, 0) is 0 Å². The lowest BCUT2D eigenvalue weighted by atomic mass is 10.1. The van der Waals surface area contributed by atoms with Gasteiger partial charge in [-0.2, -0.15) is 0 Å². The van der Waals surface area contributed by atoms with Gasteiger partial charge < -0.3 is 4.84 Å². The first-order valence-corrected chi connectivity index (χ1v) is 4.57. The predicted molar refractivity (Wildman–Crippen MR) is 54.4 cm³/mol. The summed E-state index contributed by atoms with van der Waals surface area (Å²) in [6.45, 7) is -0.00824. The summed E-state index contributed by atoms with van der Waals surface area (Å²) in [7, 11) is 0. The first-order chi connectivity index (χ1) is 7.36. The Morgan fingerprint density at radius 1 is 1.27 bits per heavy atom. The molecule has 0 aliphatic rings. The van der Waals surface area contributed by atoms with E-state index in [9.17, 15) is 4.79 Å². The monoisotopic (exact) mass is 202 g/mol. The Balaban J connectivity index is 1.94. The molecule has 0 fully saturated rings. The molecule has 1 aromatic carbocycles. The third kappa shape index (κ3) is 2.43. The van der Waals surface area contributed by atoms with E-state index in [2.05, 4.69) is 5.10 Å². The third-order valence-corrected chi connectivity index (χ3v) is 1.90. The van der Waals surface area contributed by atoms with Gasteiger partial charge in [0.15, 0.2) is 6.61 Å². The van der Waals surface area contributed by atoms with E-state index in [1.54, 1.807) is 30.6 Å². The molecule has 0 bridgehead atoms. The summed E-state index contributed by atoms with van der Waals surface area (Å²) in [6, 6.07) is 10.8. The number of hydrogen-bond acceptors (Lipinski definition) is 3. The van der Waals surface area contributed by atoms with Crippen molar-refractivity contribution in [3.8, 4) is 0 Å². The van der Waals surface area contributed by atoms with Crippen LogP contribution >= 0.6 is 0 Å². The molecule has 0 N–H and O–H groups in total. The highest BCUT2D eigenvalue weighted by atomic mass is 16.7. The van der Waals surface area contributed by atoms with Gasteiger partial charge >= 0.3 is 0 Å². The van der Waals surface area contributed by atoms with Gasteiger partial charge in [-0.1, -0.05) is 30.3 Å². The van der Waals surface area contributed by atoms with E-state index in [1.807, 2.05) is 18.2 Å². The quantitative estimate of drug-likeness (QED) is 0.699. The normalized spacial score (nSPS) is 9.87. The molecule has 1 heterocycles. The highest BCUT2D eigenvalue weighted by Crippen LogP contribution is 1.99. The summed E-state index contributed by atoms with van der Waals surface area (Å²) in [4.78, 5) is 18.0. The van der Waals surface area contributed by atoms with E-state index < -0.39 is 0 Å². The fraction of sp³-hybridized carbons (Fsp3) is 0.0909. The molecule has 4 nitrogen and oxygen atoms in total. The molecule has 0 saturated carbocycles. The van der Waals surface area contributed by atoms with Crippen LogP contribution in [0.4, 0.5) is 0 Å². The Morgan fingerprint density at radius 2 is 2.07 bits per heavy atom. The first-order valence-electron chi connectivity index (χ1n) is 4.57. The van der Waals surface area contributed by atoms with Gasteiger partial charge in [0.05, 0.1) is 12.4 Å². The number of ketones is 1. The number of nitrogens with zero attached hydrogens (tertiary/aromatic N) is 2. The van der Waals surface area contributed by atoms with Crippen LogP contribution in [0.5, 0.6) is 0 Å². The fourth-order valence-corrected chi connectivity index (χ4v) is 1.16.